The molecule has 4 aromatic rings. The van der Waals surface area contributed by atoms with E-state index in [9.17, 15) is 9.59 Å². The van der Waals surface area contributed by atoms with Crippen molar-refractivity contribution >= 4 is 54.5 Å². The maximum Gasteiger partial charge on any atom is 0.339 e. The Morgan fingerprint density at radius 2 is 1.53 bits per heavy atom. The van der Waals surface area contributed by atoms with Crippen LogP contribution < -0.4 is 0 Å². The van der Waals surface area contributed by atoms with E-state index in [0.29, 0.717) is 33.3 Å². The lowest BCUT2D eigenvalue weighted by Crippen LogP contribution is -2.16. The number of aryl methyl sites for hydroxylation is 1. The van der Waals surface area contributed by atoms with Crippen molar-refractivity contribution in [1.82, 2.24) is 4.98 Å². The Labute approximate surface area is 202 Å². The smallest absolute Gasteiger partial charge is 0.339 e. The summed E-state index contributed by atoms with van der Waals surface area (Å²) in [6, 6.07) is 20.5. The highest BCUT2D eigenvalue weighted by Gasteiger charge is 2.21. The Balaban J connectivity index is 1.72. The molecule has 0 aliphatic carbocycles. The van der Waals surface area contributed by atoms with Crippen LogP contribution in [0.1, 0.15) is 31.8 Å². The van der Waals surface area contributed by atoms with Crippen LogP contribution in [0.25, 0.3) is 22.2 Å². The summed E-state index contributed by atoms with van der Waals surface area (Å²) in [6.07, 6.45) is 0. The Bertz CT molecular complexity index is 1330. The molecule has 0 spiro atoms. The van der Waals surface area contributed by atoms with Gasteiger partial charge in [-0.25, -0.2) is 9.78 Å². The minimum Gasteiger partial charge on any atom is -0.454 e. The van der Waals surface area contributed by atoms with Crippen molar-refractivity contribution in [2.24, 2.45) is 0 Å². The fourth-order valence-electron chi connectivity index (χ4n) is 3.51. The number of aromatic nitrogens is 1. The Morgan fingerprint density at radius 1 is 0.875 bits per heavy atom. The van der Waals surface area contributed by atoms with Gasteiger partial charge in [0.1, 0.15) is 0 Å². The number of Topliss-reactive ketones (excluding diaryl/α,β-unsaturated/α-hetero) is 1. The molecule has 4 nitrogen and oxygen atoms in total. The van der Waals surface area contributed by atoms with Crippen LogP contribution in [-0.2, 0) is 4.74 Å². The molecule has 0 atom stereocenters. The maximum atomic E-state index is 13.2. The van der Waals surface area contributed by atoms with Crippen molar-refractivity contribution in [3.63, 3.8) is 0 Å². The van der Waals surface area contributed by atoms with Gasteiger partial charge in [0, 0.05) is 25.5 Å². The molecule has 0 saturated carbocycles. The lowest BCUT2D eigenvalue weighted by atomic mass is 9.97. The van der Waals surface area contributed by atoms with Crippen molar-refractivity contribution in [3.8, 4) is 11.3 Å². The number of nitrogens with zero attached hydrogens (tertiary/aromatic N) is 1. The zero-order chi connectivity index (χ0) is 22.8. The first-order valence-corrected chi connectivity index (χ1v) is 11.5. The zero-order valence-corrected chi connectivity index (χ0v) is 20.7. The molecule has 0 saturated heterocycles. The summed E-state index contributed by atoms with van der Waals surface area (Å²) in [5.74, 6) is -0.811. The number of ether oxygens (including phenoxy) is 1. The monoisotopic (exact) mass is 551 g/mol. The first kappa shape index (κ1) is 22.4. The number of carbonyl (C=O) groups excluding carboxylic acids is 2. The third kappa shape index (κ3) is 4.66. The number of hydrogen-bond acceptors (Lipinski definition) is 4. The van der Waals surface area contributed by atoms with Gasteiger partial charge in [-0.2, -0.15) is 0 Å². The molecular weight excluding hydrogens is 534 g/mol. The molecule has 0 aliphatic rings. The number of pyridine rings is 1. The number of ketones is 1. The second kappa shape index (κ2) is 9.35. The first-order valence-electron chi connectivity index (χ1n) is 9.96. The van der Waals surface area contributed by atoms with Crippen molar-refractivity contribution in [3.05, 3.63) is 97.9 Å². The van der Waals surface area contributed by atoms with E-state index in [1.807, 2.05) is 56.3 Å². The van der Waals surface area contributed by atoms with Gasteiger partial charge in [-0.1, -0.05) is 73.8 Å². The van der Waals surface area contributed by atoms with Crippen LogP contribution in [0.2, 0.25) is 0 Å². The van der Waals surface area contributed by atoms with Crippen molar-refractivity contribution in [2.45, 2.75) is 13.8 Å². The van der Waals surface area contributed by atoms with Crippen molar-refractivity contribution in [2.75, 3.05) is 6.61 Å². The molecule has 3 aromatic carbocycles. The predicted octanol–water partition coefficient (Wildman–Crippen LogP) is 7.08. The number of hydrogen-bond donors (Lipinski definition) is 0. The molecule has 0 amide bonds. The summed E-state index contributed by atoms with van der Waals surface area (Å²) in [6.45, 7) is 3.54. The number of benzene rings is 3. The van der Waals surface area contributed by atoms with E-state index in [4.69, 9.17) is 9.72 Å². The maximum absolute atomic E-state index is 13.2. The van der Waals surface area contributed by atoms with Crippen LogP contribution in [0.15, 0.2) is 75.7 Å². The SMILES string of the molecule is Cc1ccc(-c2nc3ccc(Br)cc3c(C(=O)OCC(=O)c3ccc(Br)cc3)c2C)cc1. The number of esters is 1. The summed E-state index contributed by atoms with van der Waals surface area (Å²) in [4.78, 5) is 30.5. The average molecular weight is 553 g/mol. The van der Waals surface area contributed by atoms with Gasteiger partial charge in [0.15, 0.2) is 12.4 Å². The van der Waals surface area contributed by atoms with Crippen molar-refractivity contribution in [1.29, 1.82) is 0 Å². The van der Waals surface area contributed by atoms with Gasteiger partial charge in [-0.05, 0) is 49.7 Å². The highest BCUT2D eigenvalue weighted by Crippen LogP contribution is 2.32. The number of carbonyl (C=O) groups is 2. The molecular formula is C26H19Br2NO3. The summed E-state index contributed by atoms with van der Waals surface area (Å²) >= 11 is 6.82. The predicted molar refractivity (Wildman–Crippen MR) is 133 cm³/mol. The molecule has 0 radical (unpaired) electrons. The topological polar surface area (TPSA) is 56.3 Å². The highest BCUT2D eigenvalue weighted by atomic mass is 79.9. The largest absolute Gasteiger partial charge is 0.454 e. The van der Waals surface area contributed by atoms with E-state index in [-0.39, 0.29) is 12.4 Å². The summed E-state index contributed by atoms with van der Waals surface area (Å²) < 4.78 is 7.17. The molecule has 0 fully saturated rings. The minimum absolute atomic E-state index is 0.262. The summed E-state index contributed by atoms with van der Waals surface area (Å²) in [5, 5.41) is 0.675. The Morgan fingerprint density at radius 3 is 2.22 bits per heavy atom. The van der Waals surface area contributed by atoms with E-state index >= 15 is 0 Å². The van der Waals surface area contributed by atoms with Gasteiger partial charge in [0.2, 0.25) is 0 Å². The molecule has 0 aliphatic heterocycles. The van der Waals surface area contributed by atoms with Crippen LogP contribution in [0.3, 0.4) is 0 Å². The van der Waals surface area contributed by atoms with Gasteiger partial charge < -0.3 is 4.74 Å². The van der Waals surface area contributed by atoms with Gasteiger partial charge in [0.25, 0.3) is 0 Å². The van der Waals surface area contributed by atoms with Crippen LogP contribution >= 0.6 is 31.9 Å². The standard InChI is InChI=1S/C26H19Br2NO3/c1-15-3-5-18(6-4-15)25-16(2)24(21-13-20(28)11-12-22(21)29-25)26(31)32-14-23(30)17-7-9-19(27)10-8-17/h3-13H,14H2,1-2H3. The van der Waals surface area contributed by atoms with Gasteiger partial charge in [-0.15, -0.1) is 0 Å². The van der Waals surface area contributed by atoms with E-state index in [2.05, 4.69) is 31.9 Å². The highest BCUT2D eigenvalue weighted by molar-refractivity contribution is 9.10. The van der Waals surface area contributed by atoms with E-state index in [1.54, 1.807) is 24.3 Å². The molecule has 160 valence electrons. The normalized spacial score (nSPS) is 10.9. The summed E-state index contributed by atoms with van der Waals surface area (Å²) in [5.41, 5.74) is 5.06. The second-order valence-electron chi connectivity index (χ2n) is 7.49. The third-order valence-electron chi connectivity index (χ3n) is 5.22. The van der Waals surface area contributed by atoms with Gasteiger partial charge in [0.05, 0.1) is 16.8 Å². The minimum atomic E-state index is -0.549. The van der Waals surface area contributed by atoms with Crippen LogP contribution in [-0.4, -0.2) is 23.3 Å². The molecule has 4 rings (SSSR count). The Kier molecular flexibility index (Phi) is 6.53. The average Bonchev–Trinajstić information content (AvgIpc) is 2.78. The molecule has 0 N–H and O–H groups in total. The van der Waals surface area contributed by atoms with E-state index in [1.165, 1.54) is 0 Å². The first-order chi connectivity index (χ1) is 15.3. The lowest BCUT2D eigenvalue weighted by molar-refractivity contribution is 0.0476. The van der Waals surface area contributed by atoms with Gasteiger partial charge >= 0.3 is 5.97 Å². The Hall–Kier alpha value is -2.83. The molecule has 6 heteroatoms. The zero-order valence-electron chi connectivity index (χ0n) is 17.5. The number of halogens is 2. The van der Waals surface area contributed by atoms with E-state index < -0.39 is 5.97 Å². The van der Waals surface area contributed by atoms with Gasteiger partial charge in [-0.3, -0.25) is 4.79 Å². The second-order valence-corrected chi connectivity index (χ2v) is 9.33. The van der Waals surface area contributed by atoms with Crippen molar-refractivity contribution < 1.29 is 14.3 Å². The molecule has 1 aromatic heterocycles. The fourth-order valence-corrected chi connectivity index (χ4v) is 4.13. The van der Waals surface area contributed by atoms with E-state index in [0.717, 1.165) is 20.1 Å². The van der Waals surface area contributed by atoms with Crippen LogP contribution in [0, 0.1) is 13.8 Å². The summed E-state index contributed by atoms with van der Waals surface area (Å²) in [7, 11) is 0. The van der Waals surface area contributed by atoms with Crippen LogP contribution in [0.5, 0.6) is 0 Å². The molecule has 0 bridgehead atoms. The third-order valence-corrected chi connectivity index (χ3v) is 6.24. The molecule has 0 unspecified atom stereocenters. The molecule has 1 heterocycles. The van der Waals surface area contributed by atoms with Crippen LogP contribution in [0.4, 0.5) is 0 Å². The fraction of sp³-hybridized carbons (Fsp3) is 0.115. The lowest BCUT2D eigenvalue weighted by Gasteiger charge is -2.15. The molecule has 32 heavy (non-hydrogen) atoms. The quantitative estimate of drug-likeness (QED) is 0.196. The number of rotatable bonds is 5. The number of fused-ring (bicyclic) bond motifs is 1.